The Morgan fingerprint density at radius 3 is 2.37 bits per heavy atom. The van der Waals surface area contributed by atoms with E-state index in [4.69, 9.17) is 9.47 Å². The quantitative estimate of drug-likeness (QED) is 0.131. The molecule has 0 heterocycles. The summed E-state index contributed by atoms with van der Waals surface area (Å²) >= 11 is 0. The number of fused-ring (bicyclic) bond motifs is 1. The first kappa shape index (κ1) is 22.9. The lowest BCUT2D eigenvalue weighted by atomic mass is 9.97. The van der Waals surface area contributed by atoms with Crippen molar-refractivity contribution < 1.29 is 19.3 Å². The third-order valence-electron chi connectivity index (χ3n) is 5.29. The van der Waals surface area contributed by atoms with E-state index in [2.05, 4.69) is 6.07 Å². The molecule has 4 aromatic carbocycles. The number of nitrogens with zero attached hydrogens (tertiary/aromatic N) is 3. The molecule has 4 aromatic rings. The number of hydrogen-bond acceptors (Lipinski definition) is 7. The van der Waals surface area contributed by atoms with Gasteiger partial charge in [-0.3, -0.25) is 20.2 Å². The second-order valence-electron chi connectivity index (χ2n) is 7.34. The van der Waals surface area contributed by atoms with Gasteiger partial charge in [-0.25, -0.2) is 0 Å². The van der Waals surface area contributed by atoms with Gasteiger partial charge >= 0.3 is 5.69 Å². The van der Waals surface area contributed by atoms with E-state index in [9.17, 15) is 25.5 Å². The lowest BCUT2D eigenvalue weighted by Crippen LogP contribution is -1.98. The minimum absolute atomic E-state index is 0.125. The van der Waals surface area contributed by atoms with E-state index in [1.165, 1.54) is 7.11 Å². The smallest absolute Gasteiger partial charge is 0.318 e. The van der Waals surface area contributed by atoms with Crippen LogP contribution < -0.4 is 9.47 Å². The van der Waals surface area contributed by atoms with Gasteiger partial charge in [0, 0.05) is 17.2 Å². The third-order valence-corrected chi connectivity index (χ3v) is 5.29. The predicted octanol–water partition coefficient (Wildman–Crippen LogP) is 6.52. The lowest BCUT2D eigenvalue weighted by molar-refractivity contribution is -0.394. The van der Waals surface area contributed by atoms with Crippen molar-refractivity contribution in [1.29, 1.82) is 5.26 Å². The molecule has 0 aliphatic carbocycles. The second kappa shape index (κ2) is 9.72. The van der Waals surface area contributed by atoms with Crippen LogP contribution >= 0.6 is 0 Å². The van der Waals surface area contributed by atoms with Gasteiger partial charge in [0.25, 0.3) is 5.69 Å². The zero-order chi connectivity index (χ0) is 24.9. The Bertz CT molecular complexity index is 1530. The molecule has 0 atom stereocenters. The number of nitro benzene ring substituents is 2. The van der Waals surface area contributed by atoms with Crippen molar-refractivity contribution in [3.63, 3.8) is 0 Å². The number of ether oxygens (including phenoxy) is 2. The zero-order valence-electron chi connectivity index (χ0n) is 18.4. The van der Waals surface area contributed by atoms with Gasteiger partial charge in [-0.05, 0) is 29.0 Å². The van der Waals surface area contributed by atoms with E-state index in [1.54, 1.807) is 24.3 Å². The number of benzene rings is 4. The van der Waals surface area contributed by atoms with E-state index in [0.29, 0.717) is 16.7 Å². The Morgan fingerprint density at radius 2 is 1.66 bits per heavy atom. The van der Waals surface area contributed by atoms with Gasteiger partial charge in [0.1, 0.15) is 0 Å². The Hall–Kier alpha value is -5.23. The monoisotopic (exact) mass is 467 g/mol. The Morgan fingerprint density at radius 1 is 0.914 bits per heavy atom. The highest BCUT2D eigenvalue weighted by molar-refractivity contribution is 6.02. The summed E-state index contributed by atoms with van der Waals surface area (Å²) in [4.78, 5) is 21.2. The van der Waals surface area contributed by atoms with Crippen molar-refractivity contribution in [3.05, 3.63) is 110 Å². The summed E-state index contributed by atoms with van der Waals surface area (Å²) in [5, 5.41) is 34.5. The molecule has 9 heteroatoms. The summed E-state index contributed by atoms with van der Waals surface area (Å²) in [5.74, 6) is 0.185. The van der Waals surface area contributed by atoms with Crippen molar-refractivity contribution in [2.45, 2.75) is 0 Å². The van der Waals surface area contributed by atoms with Crippen LogP contribution in [0.25, 0.3) is 22.4 Å². The van der Waals surface area contributed by atoms with Crippen LogP contribution in [0.4, 0.5) is 11.4 Å². The average Bonchev–Trinajstić information content (AvgIpc) is 2.87. The van der Waals surface area contributed by atoms with Crippen LogP contribution in [0.1, 0.15) is 11.1 Å². The molecular formula is C26H17N3O6. The molecule has 4 rings (SSSR count). The van der Waals surface area contributed by atoms with Crippen molar-refractivity contribution >= 4 is 33.8 Å². The first-order chi connectivity index (χ1) is 16.9. The highest BCUT2D eigenvalue weighted by Gasteiger charge is 2.23. The van der Waals surface area contributed by atoms with E-state index >= 15 is 0 Å². The van der Waals surface area contributed by atoms with Crippen LogP contribution in [0.15, 0.2) is 78.9 Å². The molecule has 9 nitrogen and oxygen atoms in total. The van der Waals surface area contributed by atoms with E-state index in [-0.39, 0.29) is 17.2 Å². The van der Waals surface area contributed by atoms with E-state index in [0.717, 1.165) is 29.0 Å². The number of rotatable bonds is 7. The molecule has 0 aliphatic heterocycles. The summed E-state index contributed by atoms with van der Waals surface area (Å²) in [6.45, 7) is 0. The predicted molar refractivity (Wildman–Crippen MR) is 130 cm³/mol. The molecule has 35 heavy (non-hydrogen) atoms. The van der Waals surface area contributed by atoms with Crippen LogP contribution in [-0.4, -0.2) is 17.0 Å². The van der Waals surface area contributed by atoms with Crippen LogP contribution in [0.2, 0.25) is 0 Å². The minimum atomic E-state index is -0.760. The molecule has 0 amide bonds. The summed E-state index contributed by atoms with van der Waals surface area (Å²) in [6.07, 6.45) is 1.61. The summed E-state index contributed by atoms with van der Waals surface area (Å²) in [7, 11) is 1.41. The van der Waals surface area contributed by atoms with Crippen LogP contribution in [0.5, 0.6) is 17.2 Å². The fourth-order valence-electron chi connectivity index (χ4n) is 3.66. The summed E-state index contributed by atoms with van der Waals surface area (Å²) in [6, 6.07) is 23.6. The molecule has 0 saturated carbocycles. The Balaban J connectivity index is 1.86. The van der Waals surface area contributed by atoms with Crippen molar-refractivity contribution in [2.75, 3.05) is 7.11 Å². The number of nitro groups is 2. The molecule has 0 saturated heterocycles. The van der Waals surface area contributed by atoms with E-state index < -0.39 is 21.2 Å². The topological polar surface area (TPSA) is 129 Å². The van der Waals surface area contributed by atoms with Gasteiger partial charge < -0.3 is 9.47 Å². The second-order valence-corrected chi connectivity index (χ2v) is 7.34. The molecule has 0 fully saturated rings. The molecule has 0 bridgehead atoms. The van der Waals surface area contributed by atoms with Crippen molar-refractivity contribution in [2.24, 2.45) is 0 Å². The highest BCUT2D eigenvalue weighted by atomic mass is 16.6. The molecule has 0 radical (unpaired) electrons. The van der Waals surface area contributed by atoms with Crippen molar-refractivity contribution in [3.8, 4) is 23.3 Å². The number of para-hydroxylation sites is 1. The fraction of sp³-hybridized carbons (Fsp3) is 0.0385. The van der Waals surface area contributed by atoms with Crippen LogP contribution in [0.3, 0.4) is 0 Å². The van der Waals surface area contributed by atoms with Crippen LogP contribution in [0, 0.1) is 31.6 Å². The Labute approximate surface area is 199 Å². The van der Waals surface area contributed by atoms with Crippen LogP contribution in [-0.2, 0) is 0 Å². The number of nitriles is 1. The number of hydrogen-bond donors (Lipinski definition) is 0. The molecule has 172 valence electrons. The maximum absolute atomic E-state index is 11.6. The average molecular weight is 467 g/mol. The maximum atomic E-state index is 11.6. The third kappa shape index (κ3) is 4.62. The number of methoxy groups -OCH3 is 1. The molecule has 0 spiro atoms. The number of non-ortho nitro benzene ring substituents is 1. The molecule has 0 aliphatic rings. The molecule has 0 unspecified atom stereocenters. The van der Waals surface area contributed by atoms with Gasteiger partial charge in [0.2, 0.25) is 5.75 Å². The van der Waals surface area contributed by atoms with Gasteiger partial charge in [0.15, 0.2) is 11.5 Å². The minimum Gasteiger partial charge on any atom is -0.493 e. The molecule has 0 N–H and O–H groups in total. The Kier molecular flexibility index (Phi) is 6.37. The van der Waals surface area contributed by atoms with Gasteiger partial charge in [0.05, 0.1) is 34.7 Å². The molecule has 0 aromatic heterocycles. The summed E-state index contributed by atoms with van der Waals surface area (Å²) in [5.41, 5.74) is 0.474. The zero-order valence-corrected chi connectivity index (χ0v) is 18.4. The summed E-state index contributed by atoms with van der Waals surface area (Å²) < 4.78 is 11.3. The fourth-order valence-corrected chi connectivity index (χ4v) is 3.66. The van der Waals surface area contributed by atoms with Gasteiger partial charge in [-0.15, -0.1) is 0 Å². The van der Waals surface area contributed by atoms with Gasteiger partial charge in [-0.2, -0.15) is 5.26 Å². The SMILES string of the molecule is COc1cccc(/C=C(/C#N)c2cccc3ccccc23)c1Oc1ccc([N+](=O)[O-])cc1[N+](=O)[O-]. The first-order valence-electron chi connectivity index (χ1n) is 10.3. The van der Waals surface area contributed by atoms with E-state index in [1.807, 2.05) is 42.5 Å². The highest BCUT2D eigenvalue weighted by Crippen LogP contribution is 2.41. The van der Waals surface area contributed by atoms with Gasteiger partial charge in [-0.1, -0.05) is 54.6 Å². The first-order valence-corrected chi connectivity index (χ1v) is 10.3. The number of allylic oxidation sites excluding steroid dienone is 1. The lowest BCUT2D eigenvalue weighted by Gasteiger charge is -2.14. The standard InChI is InChI=1S/C26H17N3O6/c1-34-25-11-5-8-18(14-19(16-27)22-10-4-7-17-6-2-3-9-21(17)22)26(25)35-24-13-12-20(28(30)31)15-23(24)29(32)33/h2-15H,1H3/b19-14-. The normalized spacial score (nSPS) is 11.0. The maximum Gasteiger partial charge on any atom is 0.318 e. The largest absolute Gasteiger partial charge is 0.493 e. The van der Waals surface area contributed by atoms with Crippen molar-refractivity contribution in [1.82, 2.24) is 0 Å². The molecular weight excluding hydrogens is 450 g/mol.